The SMILES string of the molecule is O=C(CC1CCCN1)Nc1cccc(OC2CCCC2)c1. The van der Waals surface area contributed by atoms with E-state index in [4.69, 9.17) is 4.74 Å². The van der Waals surface area contributed by atoms with E-state index < -0.39 is 0 Å². The first-order chi connectivity index (χ1) is 10.3. The zero-order chi connectivity index (χ0) is 14.5. The fraction of sp³-hybridized carbons (Fsp3) is 0.588. The molecule has 21 heavy (non-hydrogen) atoms. The highest BCUT2D eigenvalue weighted by Crippen LogP contribution is 2.25. The molecule has 0 bridgehead atoms. The van der Waals surface area contributed by atoms with Gasteiger partial charge in [0.25, 0.3) is 0 Å². The van der Waals surface area contributed by atoms with Gasteiger partial charge in [-0.15, -0.1) is 0 Å². The van der Waals surface area contributed by atoms with E-state index in [-0.39, 0.29) is 5.91 Å². The molecule has 1 atom stereocenters. The number of hydrogen-bond donors (Lipinski definition) is 2. The van der Waals surface area contributed by atoms with Crippen LogP contribution in [0.4, 0.5) is 5.69 Å². The molecule has 1 heterocycles. The maximum absolute atomic E-state index is 12.0. The van der Waals surface area contributed by atoms with E-state index in [0.29, 0.717) is 18.6 Å². The van der Waals surface area contributed by atoms with Gasteiger partial charge in [-0.2, -0.15) is 0 Å². The molecule has 1 saturated carbocycles. The Hall–Kier alpha value is -1.55. The van der Waals surface area contributed by atoms with E-state index in [1.54, 1.807) is 0 Å². The van der Waals surface area contributed by atoms with E-state index in [9.17, 15) is 4.79 Å². The molecule has 4 nitrogen and oxygen atoms in total. The van der Waals surface area contributed by atoms with Gasteiger partial charge >= 0.3 is 0 Å². The fourth-order valence-electron chi connectivity index (χ4n) is 3.21. The molecule has 1 aromatic rings. The van der Waals surface area contributed by atoms with Gasteiger partial charge in [0.1, 0.15) is 5.75 Å². The zero-order valence-electron chi connectivity index (χ0n) is 12.4. The summed E-state index contributed by atoms with van der Waals surface area (Å²) in [7, 11) is 0. The third-order valence-electron chi connectivity index (χ3n) is 4.32. The van der Waals surface area contributed by atoms with Crippen LogP contribution in [0.15, 0.2) is 24.3 Å². The van der Waals surface area contributed by atoms with E-state index >= 15 is 0 Å². The van der Waals surface area contributed by atoms with Crippen molar-refractivity contribution in [3.05, 3.63) is 24.3 Å². The fourth-order valence-corrected chi connectivity index (χ4v) is 3.21. The Morgan fingerprint density at radius 2 is 2.10 bits per heavy atom. The van der Waals surface area contributed by atoms with Gasteiger partial charge < -0.3 is 15.4 Å². The van der Waals surface area contributed by atoms with E-state index in [1.807, 2.05) is 24.3 Å². The molecular formula is C17H24N2O2. The summed E-state index contributed by atoms with van der Waals surface area (Å²) in [6.45, 7) is 1.03. The van der Waals surface area contributed by atoms with Crippen LogP contribution >= 0.6 is 0 Å². The predicted octanol–water partition coefficient (Wildman–Crippen LogP) is 3.09. The molecular weight excluding hydrogens is 264 g/mol. The molecule has 3 rings (SSSR count). The Morgan fingerprint density at radius 3 is 2.86 bits per heavy atom. The molecule has 2 N–H and O–H groups in total. The minimum atomic E-state index is 0.0763. The number of hydrogen-bond acceptors (Lipinski definition) is 3. The van der Waals surface area contributed by atoms with Crippen LogP contribution in [0.25, 0.3) is 0 Å². The average Bonchev–Trinajstić information content (AvgIpc) is 3.12. The lowest BCUT2D eigenvalue weighted by atomic mass is 10.1. The summed E-state index contributed by atoms with van der Waals surface area (Å²) >= 11 is 0. The number of carbonyl (C=O) groups excluding carboxylic acids is 1. The standard InChI is InChI=1S/C17H24N2O2/c20-17(12-13-6-4-10-18-13)19-14-5-3-9-16(11-14)21-15-7-1-2-8-15/h3,5,9,11,13,15,18H,1-2,4,6-8,10,12H2,(H,19,20). The minimum Gasteiger partial charge on any atom is -0.490 e. The highest BCUT2D eigenvalue weighted by atomic mass is 16.5. The molecule has 114 valence electrons. The van der Waals surface area contributed by atoms with Gasteiger partial charge in [0.05, 0.1) is 6.10 Å². The van der Waals surface area contributed by atoms with Crippen molar-refractivity contribution in [3.8, 4) is 5.75 Å². The molecule has 1 amide bonds. The monoisotopic (exact) mass is 288 g/mol. The van der Waals surface area contributed by atoms with Gasteiger partial charge in [0, 0.05) is 24.2 Å². The molecule has 2 aliphatic rings. The summed E-state index contributed by atoms with van der Waals surface area (Å²) in [6, 6.07) is 8.09. The lowest BCUT2D eigenvalue weighted by molar-refractivity contribution is -0.116. The van der Waals surface area contributed by atoms with Crippen LogP contribution in [0.1, 0.15) is 44.9 Å². The van der Waals surface area contributed by atoms with Crippen molar-refractivity contribution in [2.75, 3.05) is 11.9 Å². The third-order valence-corrected chi connectivity index (χ3v) is 4.32. The van der Waals surface area contributed by atoms with E-state index in [0.717, 1.165) is 37.2 Å². The maximum atomic E-state index is 12.0. The number of anilines is 1. The lowest BCUT2D eigenvalue weighted by Crippen LogP contribution is -2.27. The second-order valence-corrected chi connectivity index (χ2v) is 6.10. The predicted molar refractivity (Wildman–Crippen MR) is 83.6 cm³/mol. The van der Waals surface area contributed by atoms with Gasteiger partial charge in [0.2, 0.25) is 5.91 Å². The summed E-state index contributed by atoms with van der Waals surface area (Å²) in [5, 5.41) is 6.32. The first-order valence-corrected chi connectivity index (χ1v) is 8.09. The highest BCUT2D eigenvalue weighted by Gasteiger charge is 2.18. The van der Waals surface area contributed by atoms with Crippen molar-refractivity contribution < 1.29 is 9.53 Å². The summed E-state index contributed by atoms with van der Waals surface area (Å²) in [5.74, 6) is 0.936. The van der Waals surface area contributed by atoms with Crippen molar-refractivity contribution >= 4 is 11.6 Å². The Labute approximate surface area is 126 Å². The molecule has 0 aromatic heterocycles. The van der Waals surface area contributed by atoms with Gasteiger partial charge in [-0.1, -0.05) is 6.07 Å². The Kier molecular flexibility index (Phi) is 4.76. The zero-order valence-corrected chi connectivity index (χ0v) is 12.4. The van der Waals surface area contributed by atoms with Crippen molar-refractivity contribution in [2.24, 2.45) is 0 Å². The normalized spacial score (nSPS) is 22.4. The van der Waals surface area contributed by atoms with Crippen molar-refractivity contribution in [3.63, 3.8) is 0 Å². The lowest BCUT2D eigenvalue weighted by Gasteiger charge is -2.14. The Balaban J connectivity index is 1.53. The molecule has 2 fully saturated rings. The van der Waals surface area contributed by atoms with Gasteiger partial charge in [-0.3, -0.25) is 4.79 Å². The molecule has 1 aliphatic carbocycles. The number of ether oxygens (including phenoxy) is 1. The van der Waals surface area contributed by atoms with E-state index in [2.05, 4.69) is 10.6 Å². The summed E-state index contributed by atoms with van der Waals surface area (Å²) in [4.78, 5) is 12.0. The Bertz CT molecular complexity index is 477. The number of nitrogens with one attached hydrogen (secondary N) is 2. The van der Waals surface area contributed by atoms with Gasteiger partial charge in [0.15, 0.2) is 0 Å². The second kappa shape index (κ2) is 6.94. The molecule has 1 aliphatic heterocycles. The van der Waals surface area contributed by atoms with Crippen LogP contribution in [0, 0.1) is 0 Å². The summed E-state index contributed by atoms with van der Waals surface area (Å²) in [6.07, 6.45) is 7.96. The Morgan fingerprint density at radius 1 is 1.24 bits per heavy atom. The minimum absolute atomic E-state index is 0.0763. The van der Waals surface area contributed by atoms with Crippen LogP contribution in [0.3, 0.4) is 0 Å². The maximum Gasteiger partial charge on any atom is 0.225 e. The number of carbonyl (C=O) groups is 1. The van der Waals surface area contributed by atoms with Crippen molar-refractivity contribution in [1.29, 1.82) is 0 Å². The first-order valence-electron chi connectivity index (χ1n) is 8.09. The number of amides is 1. The molecule has 1 saturated heterocycles. The van der Waals surface area contributed by atoms with Gasteiger partial charge in [-0.05, 0) is 57.2 Å². The topological polar surface area (TPSA) is 50.4 Å². The second-order valence-electron chi connectivity index (χ2n) is 6.10. The molecule has 1 aromatic carbocycles. The largest absolute Gasteiger partial charge is 0.490 e. The summed E-state index contributed by atoms with van der Waals surface area (Å²) < 4.78 is 5.97. The van der Waals surface area contributed by atoms with Crippen molar-refractivity contribution in [1.82, 2.24) is 5.32 Å². The molecule has 0 spiro atoms. The molecule has 4 heteroatoms. The summed E-state index contributed by atoms with van der Waals surface area (Å²) in [5.41, 5.74) is 0.827. The van der Waals surface area contributed by atoms with Gasteiger partial charge in [-0.25, -0.2) is 0 Å². The molecule has 1 unspecified atom stereocenters. The van der Waals surface area contributed by atoms with Crippen LogP contribution < -0.4 is 15.4 Å². The molecule has 0 radical (unpaired) electrons. The third kappa shape index (κ3) is 4.21. The van der Waals surface area contributed by atoms with E-state index in [1.165, 1.54) is 19.3 Å². The first kappa shape index (κ1) is 14.4. The number of benzene rings is 1. The van der Waals surface area contributed by atoms with Crippen LogP contribution in [0.5, 0.6) is 5.75 Å². The number of rotatable bonds is 5. The van der Waals surface area contributed by atoms with Crippen LogP contribution in [-0.2, 0) is 4.79 Å². The quantitative estimate of drug-likeness (QED) is 0.875. The van der Waals surface area contributed by atoms with Crippen LogP contribution in [-0.4, -0.2) is 24.6 Å². The smallest absolute Gasteiger partial charge is 0.225 e. The highest BCUT2D eigenvalue weighted by molar-refractivity contribution is 5.91. The van der Waals surface area contributed by atoms with Crippen molar-refractivity contribution in [2.45, 2.75) is 57.1 Å². The van der Waals surface area contributed by atoms with Crippen LogP contribution in [0.2, 0.25) is 0 Å². The average molecular weight is 288 g/mol.